The number of sulfonamides is 1. The topological polar surface area (TPSA) is 122 Å². The standard InChI is InChI=1S/C23H30N4O5S2.ClH/c1-3-27-11-10-18-19(14-27)33-23(20(18)21(24)28)25-22(29)15-6-8-17(9-7-15)34(30,31)26(2)13-16-5-4-12-32-16;/h6-9,16H,3-5,10-14H2,1-2H3,(H2,24,28)(H,25,29);1H/p-1. The molecule has 12 heteroatoms. The van der Waals surface area contributed by atoms with E-state index in [2.05, 4.69) is 17.1 Å². The van der Waals surface area contributed by atoms with Gasteiger partial charge in [-0.2, -0.15) is 4.31 Å². The summed E-state index contributed by atoms with van der Waals surface area (Å²) < 4.78 is 32.6. The Morgan fingerprint density at radius 3 is 2.60 bits per heavy atom. The van der Waals surface area contributed by atoms with Crippen LogP contribution < -0.4 is 23.5 Å². The molecule has 35 heavy (non-hydrogen) atoms. The van der Waals surface area contributed by atoms with Gasteiger partial charge in [0.1, 0.15) is 5.00 Å². The first-order valence-corrected chi connectivity index (χ1v) is 13.6. The molecule has 1 atom stereocenters. The minimum atomic E-state index is -3.70. The SMILES string of the molecule is CCN1CCc2c(sc(NC(=O)c3ccc(S(=O)(=O)N(C)CC4CCCO4)cc3)c2C(N)=O)C1.[Cl-]. The Bertz CT molecular complexity index is 1180. The number of hydrogen-bond donors (Lipinski definition) is 2. The van der Waals surface area contributed by atoms with Gasteiger partial charge in [0.25, 0.3) is 11.8 Å². The van der Waals surface area contributed by atoms with Gasteiger partial charge in [0.05, 0.1) is 16.6 Å². The highest BCUT2D eigenvalue weighted by atomic mass is 35.5. The molecule has 0 aliphatic carbocycles. The van der Waals surface area contributed by atoms with Crippen LogP contribution in [0, 0.1) is 0 Å². The predicted molar refractivity (Wildman–Crippen MR) is 131 cm³/mol. The van der Waals surface area contributed by atoms with Crippen molar-refractivity contribution in [2.24, 2.45) is 5.73 Å². The highest BCUT2D eigenvalue weighted by molar-refractivity contribution is 7.89. The number of thiophene rings is 1. The average molecular weight is 542 g/mol. The number of carbonyl (C=O) groups excluding carboxylic acids is 2. The number of halogens is 1. The summed E-state index contributed by atoms with van der Waals surface area (Å²) >= 11 is 1.37. The van der Waals surface area contributed by atoms with E-state index in [1.165, 1.54) is 47.0 Å². The zero-order valence-corrected chi connectivity index (χ0v) is 22.1. The Balaban J connectivity index is 0.00000342. The first-order chi connectivity index (χ1) is 16.2. The van der Waals surface area contributed by atoms with E-state index >= 15 is 0 Å². The van der Waals surface area contributed by atoms with Gasteiger partial charge in [-0.1, -0.05) is 6.92 Å². The number of nitrogens with zero attached hydrogens (tertiary/aromatic N) is 2. The first-order valence-electron chi connectivity index (χ1n) is 11.4. The minimum Gasteiger partial charge on any atom is -1.00 e. The van der Waals surface area contributed by atoms with Gasteiger partial charge in [0, 0.05) is 43.7 Å². The van der Waals surface area contributed by atoms with E-state index in [0.29, 0.717) is 30.1 Å². The van der Waals surface area contributed by atoms with Gasteiger partial charge in [-0.25, -0.2) is 8.42 Å². The molecule has 3 N–H and O–H groups in total. The van der Waals surface area contributed by atoms with Gasteiger partial charge in [-0.05, 0) is 55.6 Å². The summed E-state index contributed by atoms with van der Waals surface area (Å²) in [6.45, 7) is 5.50. The van der Waals surface area contributed by atoms with Crippen LogP contribution >= 0.6 is 11.3 Å². The van der Waals surface area contributed by atoms with Crippen molar-refractivity contribution >= 4 is 38.2 Å². The van der Waals surface area contributed by atoms with Gasteiger partial charge >= 0.3 is 0 Å². The van der Waals surface area contributed by atoms with Gasteiger partial charge in [-0.15, -0.1) is 11.3 Å². The van der Waals surface area contributed by atoms with Crippen LogP contribution in [0.15, 0.2) is 29.2 Å². The van der Waals surface area contributed by atoms with E-state index in [0.717, 1.165) is 42.9 Å². The molecule has 0 bridgehead atoms. The fraction of sp³-hybridized carbons (Fsp3) is 0.478. The van der Waals surface area contributed by atoms with E-state index in [9.17, 15) is 18.0 Å². The molecule has 3 heterocycles. The van der Waals surface area contributed by atoms with Crippen LogP contribution in [0.5, 0.6) is 0 Å². The molecule has 2 aromatic rings. The van der Waals surface area contributed by atoms with E-state index in [-0.39, 0.29) is 29.0 Å². The largest absolute Gasteiger partial charge is 1.00 e. The third kappa shape index (κ3) is 5.87. The van der Waals surface area contributed by atoms with Crippen LogP contribution in [0.2, 0.25) is 0 Å². The smallest absolute Gasteiger partial charge is 0.256 e. The summed E-state index contributed by atoms with van der Waals surface area (Å²) in [6.07, 6.45) is 2.39. The molecule has 1 fully saturated rings. The summed E-state index contributed by atoms with van der Waals surface area (Å²) in [6, 6.07) is 5.78. The lowest BCUT2D eigenvalue weighted by atomic mass is 10.0. The van der Waals surface area contributed by atoms with Crippen molar-refractivity contribution in [3.05, 3.63) is 45.8 Å². The summed E-state index contributed by atoms with van der Waals surface area (Å²) in [5.74, 6) is -0.987. The molecular weight excluding hydrogens is 512 g/mol. The number of fused-ring (bicyclic) bond motifs is 1. The van der Waals surface area contributed by atoms with Gasteiger partial charge < -0.3 is 28.2 Å². The molecular formula is C23H30ClN4O5S2-. The van der Waals surface area contributed by atoms with Crippen LogP contribution in [0.25, 0.3) is 0 Å². The Morgan fingerprint density at radius 2 is 2.00 bits per heavy atom. The second kappa shape index (κ2) is 11.4. The highest BCUT2D eigenvalue weighted by Gasteiger charge is 2.28. The van der Waals surface area contributed by atoms with Crippen LogP contribution in [0.3, 0.4) is 0 Å². The van der Waals surface area contributed by atoms with Crippen molar-refractivity contribution in [1.82, 2.24) is 9.21 Å². The number of hydrogen-bond acceptors (Lipinski definition) is 7. The molecule has 1 saturated heterocycles. The second-order valence-electron chi connectivity index (χ2n) is 8.59. The first kappa shape index (κ1) is 27.6. The highest BCUT2D eigenvalue weighted by Crippen LogP contribution is 2.37. The van der Waals surface area contributed by atoms with E-state index in [1.807, 2.05) is 0 Å². The monoisotopic (exact) mass is 541 g/mol. The molecule has 1 aromatic carbocycles. The number of likely N-dealkylation sites (N-methyl/N-ethyl adjacent to an activating group) is 2. The molecule has 0 spiro atoms. The lowest BCUT2D eigenvalue weighted by molar-refractivity contribution is -0.0000261. The third-order valence-electron chi connectivity index (χ3n) is 6.37. The number of ether oxygens (including phenoxy) is 1. The van der Waals surface area contributed by atoms with Crippen molar-refractivity contribution in [3.8, 4) is 0 Å². The number of benzene rings is 1. The summed E-state index contributed by atoms with van der Waals surface area (Å²) in [7, 11) is -2.17. The lowest BCUT2D eigenvalue weighted by Gasteiger charge is -2.25. The summed E-state index contributed by atoms with van der Waals surface area (Å²) in [5.41, 5.74) is 7.22. The van der Waals surface area contributed by atoms with Crippen LogP contribution in [0.4, 0.5) is 5.00 Å². The number of amides is 2. The Morgan fingerprint density at radius 1 is 1.29 bits per heavy atom. The maximum atomic E-state index is 12.9. The second-order valence-corrected chi connectivity index (χ2v) is 11.7. The zero-order valence-electron chi connectivity index (χ0n) is 19.8. The predicted octanol–water partition coefficient (Wildman–Crippen LogP) is -0.719. The van der Waals surface area contributed by atoms with Crippen LogP contribution in [-0.2, 0) is 27.7 Å². The fourth-order valence-electron chi connectivity index (χ4n) is 4.38. The van der Waals surface area contributed by atoms with Gasteiger partial charge in [0.2, 0.25) is 10.0 Å². The Kier molecular flexibility index (Phi) is 8.95. The normalized spacial score (nSPS) is 18.2. The molecule has 2 amide bonds. The molecule has 1 aromatic heterocycles. The van der Waals surface area contributed by atoms with Gasteiger partial charge in [0.15, 0.2) is 0 Å². The molecule has 192 valence electrons. The molecule has 9 nitrogen and oxygen atoms in total. The molecule has 0 radical (unpaired) electrons. The summed E-state index contributed by atoms with van der Waals surface area (Å²) in [4.78, 5) is 28.5. The Hall–Kier alpha value is -2.02. The van der Waals surface area contributed by atoms with Crippen molar-refractivity contribution in [2.75, 3.05) is 38.6 Å². The third-order valence-corrected chi connectivity index (χ3v) is 9.34. The lowest BCUT2D eigenvalue weighted by Crippen LogP contribution is -3.00. The minimum absolute atomic E-state index is 0. The van der Waals surface area contributed by atoms with Crippen molar-refractivity contribution in [1.29, 1.82) is 0 Å². The molecule has 2 aliphatic heterocycles. The van der Waals surface area contributed by atoms with Crippen LogP contribution in [0.1, 0.15) is 50.9 Å². The number of rotatable bonds is 8. The zero-order chi connectivity index (χ0) is 24.5. The maximum absolute atomic E-state index is 12.9. The van der Waals surface area contributed by atoms with Crippen molar-refractivity contribution < 1.29 is 35.2 Å². The van der Waals surface area contributed by atoms with Crippen molar-refractivity contribution in [3.63, 3.8) is 0 Å². The average Bonchev–Trinajstić information content (AvgIpc) is 3.45. The number of carbonyl (C=O) groups is 2. The number of primary amides is 1. The number of nitrogens with two attached hydrogens (primary N) is 1. The quantitative estimate of drug-likeness (QED) is 0.455. The maximum Gasteiger partial charge on any atom is 0.256 e. The number of nitrogens with one attached hydrogen (secondary N) is 1. The van der Waals surface area contributed by atoms with Gasteiger partial charge in [-0.3, -0.25) is 14.5 Å². The summed E-state index contributed by atoms with van der Waals surface area (Å²) in [5, 5.41) is 3.25. The molecule has 0 saturated carbocycles. The Labute approximate surface area is 216 Å². The van der Waals surface area contributed by atoms with E-state index in [1.54, 1.807) is 0 Å². The molecule has 4 rings (SSSR count). The molecule has 2 aliphatic rings. The molecule has 1 unspecified atom stereocenters. The van der Waals surface area contributed by atoms with E-state index in [4.69, 9.17) is 10.5 Å². The van der Waals surface area contributed by atoms with Crippen LogP contribution in [-0.4, -0.2) is 68.8 Å². The van der Waals surface area contributed by atoms with E-state index < -0.39 is 21.8 Å². The van der Waals surface area contributed by atoms with Crippen molar-refractivity contribution in [2.45, 2.75) is 43.7 Å². The number of anilines is 1. The fourth-order valence-corrected chi connectivity index (χ4v) is 6.87.